The molecule has 2 aromatic rings. The summed E-state index contributed by atoms with van der Waals surface area (Å²) >= 11 is 3.20. The highest BCUT2D eigenvalue weighted by atomic mass is 79.9. The third kappa shape index (κ3) is 3.61. The molecule has 0 aliphatic heterocycles. The highest BCUT2D eigenvalue weighted by Crippen LogP contribution is 2.25. The second-order valence-electron chi connectivity index (χ2n) is 4.55. The van der Waals surface area contributed by atoms with Crippen LogP contribution in [0.25, 0.3) is 0 Å². The molecule has 0 saturated heterocycles. The fourth-order valence-corrected chi connectivity index (χ4v) is 3.82. The molecule has 3 N–H and O–H groups in total. The minimum absolute atomic E-state index is 0.0416. The summed E-state index contributed by atoms with van der Waals surface area (Å²) in [6, 6.07) is 9.85. The van der Waals surface area contributed by atoms with E-state index in [9.17, 15) is 12.8 Å². The molecule has 0 amide bonds. The van der Waals surface area contributed by atoms with Gasteiger partial charge in [-0.25, -0.2) is 17.5 Å². The number of hydrogen-bond donors (Lipinski definition) is 2. The highest BCUT2D eigenvalue weighted by Gasteiger charge is 2.22. The minimum atomic E-state index is -3.85. The Hall–Kier alpha value is -1.44. The molecular formula is C14H14BrFN2O2S. The molecule has 1 unspecified atom stereocenters. The van der Waals surface area contributed by atoms with E-state index in [4.69, 9.17) is 5.73 Å². The summed E-state index contributed by atoms with van der Waals surface area (Å²) in [5.41, 5.74) is 6.11. The van der Waals surface area contributed by atoms with Gasteiger partial charge in [0.25, 0.3) is 0 Å². The number of hydrogen-bond acceptors (Lipinski definition) is 3. The quantitative estimate of drug-likeness (QED) is 0.809. The van der Waals surface area contributed by atoms with E-state index in [-0.39, 0.29) is 16.1 Å². The van der Waals surface area contributed by atoms with Gasteiger partial charge < -0.3 is 5.73 Å². The van der Waals surface area contributed by atoms with Gasteiger partial charge in [-0.2, -0.15) is 0 Å². The Labute approximate surface area is 131 Å². The van der Waals surface area contributed by atoms with Gasteiger partial charge in [0.15, 0.2) is 0 Å². The normalized spacial score (nSPS) is 13.1. The molecule has 0 aliphatic rings. The van der Waals surface area contributed by atoms with Crippen molar-refractivity contribution in [3.05, 3.63) is 58.3 Å². The maximum atomic E-state index is 13.7. The van der Waals surface area contributed by atoms with Crippen LogP contribution in [0.4, 0.5) is 10.1 Å². The first kappa shape index (κ1) is 15.9. The number of nitrogens with two attached hydrogens (primary N) is 1. The van der Waals surface area contributed by atoms with Crippen molar-refractivity contribution in [2.45, 2.75) is 17.9 Å². The van der Waals surface area contributed by atoms with Crippen molar-refractivity contribution < 1.29 is 12.8 Å². The van der Waals surface area contributed by atoms with Crippen LogP contribution in [-0.4, -0.2) is 8.42 Å². The van der Waals surface area contributed by atoms with Gasteiger partial charge >= 0.3 is 0 Å². The fourth-order valence-electron chi connectivity index (χ4n) is 1.93. The van der Waals surface area contributed by atoms with Gasteiger partial charge in [-0.3, -0.25) is 0 Å². The topological polar surface area (TPSA) is 72.2 Å². The number of anilines is 1. The number of nitrogens with one attached hydrogen (secondary N) is 1. The maximum Gasteiger partial charge on any atom is 0.243 e. The van der Waals surface area contributed by atoms with Gasteiger partial charge in [0, 0.05) is 16.1 Å². The van der Waals surface area contributed by atoms with E-state index >= 15 is 0 Å². The second-order valence-corrected chi connectivity index (χ2v) is 7.14. The lowest BCUT2D eigenvalue weighted by Gasteiger charge is -2.16. The maximum absolute atomic E-state index is 13.7. The van der Waals surface area contributed by atoms with Crippen LogP contribution in [0.15, 0.2) is 51.8 Å². The number of sulfonamides is 1. The Morgan fingerprint density at radius 3 is 2.57 bits per heavy atom. The monoisotopic (exact) mass is 372 g/mol. The third-order valence-electron chi connectivity index (χ3n) is 2.97. The van der Waals surface area contributed by atoms with Gasteiger partial charge in [-0.05, 0) is 31.2 Å². The minimum Gasteiger partial charge on any atom is -0.398 e. The van der Waals surface area contributed by atoms with Crippen molar-refractivity contribution in [1.82, 2.24) is 4.72 Å². The van der Waals surface area contributed by atoms with Crippen molar-refractivity contribution in [1.29, 1.82) is 0 Å². The largest absolute Gasteiger partial charge is 0.398 e. The van der Waals surface area contributed by atoms with Gasteiger partial charge in [-0.1, -0.05) is 34.1 Å². The van der Waals surface area contributed by atoms with Crippen LogP contribution in [0.1, 0.15) is 18.5 Å². The summed E-state index contributed by atoms with van der Waals surface area (Å²) < 4.78 is 41.4. The molecule has 2 rings (SSSR count). The van der Waals surface area contributed by atoms with Crippen molar-refractivity contribution in [3.8, 4) is 0 Å². The summed E-state index contributed by atoms with van der Waals surface area (Å²) in [6.45, 7) is 1.57. The Morgan fingerprint density at radius 1 is 1.24 bits per heavy atom. The number of halogens is 2. The molecule has 7 heteroatoms. The molecule has 0 aliphatic carbocycles. The smallest absolute Gasteiger partial charge is 0.243 e. The SMILES string of the molecule is CC(NS(=O)(=O)c1cc(Br)ccc1N)c1ccccc1F. The fraction of sp³-hybridized carbons (Fsp3) is 0.143. The van der Waals surface area contributed by atoms with Crippen LogP contribution >= 0.6 is 15.9 Å². The Bertz CT molecular complexity index is 765. The van der Waals surface area contributed by atoms with E-state index in [0.717, 1.165) is 0 Å². The number of nitrogen functional groups attached to an aromatic ring is 1. The summed E-state index contributed by atoms with van der Waals surface area (Å²) in [6.07, 6.45) is 0. The molecule has 0 spiro atoms. The van der Waals surface area contributed by atoms with E-state index in [1.807, 2.05) is 0 Å². The van der Waals surface area contributed by atoms with E-state index in [1.54, 1.807) is 25.1 Å². The van der Waals surface area contributed by atoms with E-state index < -0.39 is 21.9 Å². The molecule has 21 heavy (non-hydrogen) atoms. The standard InChI is InChI=1S/C14H14BrFN2O2S/c1-9(11-4-2-3-5-12(11)16)18-21(19,20)14-8-10(15)6-7-13(14)17/h2-9,18H,17H2,1H3. The average Bonchev–Trinajstić information content (AvgIpc) is 2.41. The van der Waals surface area contributed by atoms with E-state index in [1.165, 1.54) is 24.3 Å². The molecule has 0 saturated carbocycles. The van der Waals surface area contributed by atoms with Gasteiger partial charge in [-0.15, -0.1) is 0 Å². The lowest BCUT2D eigenvalue weighted by atomic mass is 10.1. The van der Waals surface area contributed by atoms with Crippen LogP contribution < -0.4 is 10.5 Å². The van der Waals surface area contributed by atoms with Gasteiger partial charge in [0.1, 0.15) is 10.7 Å². The number of benzene rings is 2. The zero-order valence-corrected chi connectivity index (χ0v) is 13.6. The Morgan fingerprint density at radius 2 is 1.90 bits per heavy atom. The van der Waals surface area contributed by atoms with E-state index in [0.29, 0.717) is 4.47 Å². The molecule has 2 aromatic carbocycles. The van der Waals surface area contributed by atoms with Crippen molar-refractivity contribution in [2.75, 3.05) is 5.73 Å². The zero-order valence-electron chi connectivity index (χ0n) is 11.2. The number of rotatable bonds is 4. The molecule has 0 radical (unpaired) electrons. The molecule has 0 bridgehead atoms. The summed E-state index contributed by atoms with van der Waals surface area (Å²) in [5.74, 6) is -0.463. The summed E-state index contributed by atoms with van der Waals surface area (Å²) in [5, 5.41) is 0. The molecule has 112 valence electrons. The van der Waals surface area contributed by atoms with Crippen LogP contribution in [0.5, 0.6) is 0 Å². The average molecular weight is 373 g/mol. The highest BCUT2D eigenvalue weighted by molar-refractivity contribution is 9.10. The Kier molecular flexibility index (Phi) is 4.65. The van der Waals surface area contributed by atoms with Gasteiger partial charge in [0.05, 0.1) is 5.69 Å². The Balaban J connectivity index is 2.34. The van der Waals surface area contributed by atoms with Crippen LogP contribution in [0.3, 0.4) is 0 Å². The first-order valence-corrected chi connectivity index (χ1v) is 8.40. The predicted molar refractivity (Wildman–Crippen MR) is 83.7 cm³/mol. The van der Waals surface area contributed by atoms with E-state index in [2.05, 4.69) is 20.7 Å². The van der Waals surface area contributed by atoms with Crippen molar-refractivity contribution >= 4 is 31.6 Å². The second kappa shape index (κ2) is 6.13. The summed E-state index contributed by atoms with van der Waals surface area (Å²) in [4.78, 5) is -0.0416. The molecule has 0 heterocycles. The van der Waals surface area contributed by atoms with Crippen molar-refractivity contribution in [3.63, 3.8) is 0 Å². The lowest BCUT2D eigenvalue weighted by molar-refractivity contribution is 0.550. The van der Waals surface area contributed by atoms with Crippen LogP contribution in [0, 0.1) is 5.82 Å². The predicted octanol–water partition coefficient (Wildman–Crippen LogP) is 3.21. The molecule has 4 nitrogen and oxygen atoms in total. The first-order valence-electron chi connectivity index (χ1n) is 6.13. The van der Waals surface area contributed by atoms with Crippen molar-refractivity contribution in [2.24, 2.45) is 0 Å². The molecule has 0 aromatic heterocycles. The first-order chi connectivity index (χ1) is 9.81. The zero-order chi connectivity index (χ0) is 15.6. The molecular weight excluding hydrogens is 359 g/mol. The molecule has 1 atom stereocenters. The molecule has 0 fully saturated rings. The van der Waals surface area contributed by atoms with Crippen LogP contribution in [0.2, 0.25) is 0 Å². The lowest BCUT2D eigenvalue weighted by Crippen LogP contribution is -2.28. The third-order valence-corrected chi connectivity index (χ3v) is 5.06. The van der Waals surface area contributed by atoms with Gasteiger partial charge in [0.2, 0.25) is 10.0 Å². The van der Waals surface area contributed by atoms with Crippen LogP contribution in [-0.2, 0) is 10.0 Å². The summed E-state index contributed by atoms with van der Waals surface area (Å²) in [7, 11) is -3.85.